The maximum Gasteiger partial charge on any atom is 0.286 e. The van der Waals surface area contributed by atoms with Crippen LogP contribution >= 0.6 is 24.0 Å². The molecular weight excluding hydrogens is 430 g/mol. The van der Waals surface area contributed by atoms with E-state index >= 15 is 0 Å². The number of benzene rings is 2. The third-order valence-corrected chi connectivity index (χ3v) is 5.30. The second-order valence-electron chi connectivity index (χ2n) is 5.83. The summed E-state index contributed by atoms with van der Waals surface area (Å²) >= 11 is 6.24. The Hall–Kier alpha value is -3.44. The third kappa shape index (κ3) is 4.42. The molecule has 1 fully saturated rings. The first-order valence-electron chi connectivity index (χ1n) is 8.33. The minimum absolute atomic E-state index is 0.0287. The van der Waals surface area contributed by atoms with Crippen molar-refractivity contribution in [2.75, 3.05) is 14.2 Å². The minimum atomic E-state index is -0.624. The van der Waals surface area contributed by atoms with Crippen molar-refractivity contribution < 1.29 is 24.3 Å². The van der Waals surface area contributed by atoms with Crippen molar-refractivity contribution in [3.63, 3.8) is 0 Å². The summed E-state index contributed by atoms with van der Waals surface area (Å²) in [4.78, 5) is 23.3. The number of hydrogen-bond donors (Lipinski definition) is 0. The van der Waals surface area contributed by atoms with E-state index in [0.29, 0.717) is 22.0 Å². The first kappa shape index (κ1) is 21.3. The van der Waals surface area contributed by atoms with E-state index in [0.717, 1.165) is 41.2 Å². The Morgan fingerprint density at radius 1 is 1.17 bits per heavy atom. The van der Waals surface area contributed by atoms with E-state index in [1.807, 2.05) is 0 Å². The van der Waals surface area contributed by atoms with Gasteiger partial charge in [0, 0.05) is 23.8 Å². The molecule has 3 rings (SSSR count). The number of rotatable bonds is 6. The van der Waals surface area contributed by atoms with E-state index in [-0.39, 0.29) is 15.6 Å². The lowest BCUT2D eigenvalue weighted by molar-refractivity contribution is -0.385. The summed E-state index contributed by atoms with van der Waals surface area (Å²) in [6, 6.07) is 8.40. The summed E-state index contributed by atoms with van der Waals surface area (Å²) in [5.41, 5.74) is 0.357. The molecule has 1 aliphatic heterocycles. The predicted molar refractivity (Wildman–Crippen MR) is 115 cm³/mol. The normalized spacial score (nSPS) is 15.3. The van der Waals surface area contributed by atoms with Crippen LogP contribution < -0.4 is 14.6 Å². The predicted octanol–water partition coefficient (Wildman–Crippen LogP) is 2.92. The molecule has 154 valence electrons. The van der Waals surface area contributed by atoms with Gasteiger partial charge in [0.15, 0.2) is 4.32 Å². The van der Waals surface area contributed by atoms with E-state index in [1.54, 1.807) is 24.3 Å². The molecule has 2 aromatic rings. The summed E-state index contributed by atoms with van der Waals surface area (Å²) in [5, 5.41) is 27.7. The second kappa shape index (κ2) is 8.93. The molecule has 0 bridgehead atoms. The number of amides is 1. The molecule has 9 nitrogen and oxygen atoms in total. The molecule has 0 radical (unpaired) electrons. The van der Waals surface area contributed by atoms with Gasteiger partial charge in [0.1, 0.15) is 11.5 Å². The van der Waals surface area contributed by atoms with Crippen molar-refractivity contribution >= 4 is 52.2 Å². The van der Waals surface area contributed by atoms with Gasteiger partial charge < -0.3 is 14.6 Å². The van der Waals surface area contributed by atoms with Gasteiger partial charge in [-0.1, -0.05) is 23.6 Å². The molecule has 0 saturated carbocycles. The van der Waals surface area contributed by atoms with Crippen LogP contribution in [-0.4, -0.2) is 40.6 Å². The summed E-state index contributed by atoms with van der Waals surface area (Å²) in [6.07, 6.45) is 2.69. The topological polar surface area (TPSA) is 117 Å². The number of methoxy groups -OCH3 is 2. The Morgan fingerprint density at radius 2 is 1.93 bits per heavy atom. The van der Waals surface area contributed by atoms with E-state index in [9.17, 15) is 20.0 Å². The molecule has 1 aliphatic rings. The maximum atomic E-state index is 12.7. The Balaban J connectivity index is 1.87. The number of thiocarbonyl (C=S) groups is 1. The number of hydrogen-bond acceptors (Lipinski definition) is 9. The third-order valence-electron chi connectivity index (χ3n) is 4.02. The number of hydrazone groups is 1. The molecule has 0 atom stereocenters. The fourth-order valence-electron chi connectivity index (χ4n) is 2.51. The molecule has 0 spiro atoms. The van der Waals surface area contributed by atoms with Crippen molar-refractivity contribution in [2.24, 2.45) is 5.10 Å². The van der Waals surface area contributed by atoms with Crippen molar-refractivity contribution in [3.8, 4) is 17.2 Å². The molecule has 0 N–H and O–H groups in total. The number of nitro benzene ring substituents is 1. The number of nitrogens with zero attached hydrogens (tertiary/aromatic N) is 3. The van der Waals surface area contributed by atoms with Crippen molar-refractivity contribution in [3.05, 3.63) is 62.5 Å². The highest BCUT2D eigenvalue weighted by atomic mass is 32.2. The first-order valence-corrected chi connectivity index (χ1v) is 9.56. The highest BCUT2D eigenvalue weighted by Crippen LogP contribution is 2.35. The van der Waals surface area contributed by atoms with Crippen molar-refractivity contribution in [2.45, 2.75) is 0 Å². The van der Waals surface area contributed by atoms with E-state index in [2.05, 4.69) is 5.10 Å². The Morgan fingerprint density at radius 3 is 2.60 bits per heavy atom. The second-order valence-corrected chi connectivity index (χ2v) is 7.50. The number of ether oxygens (including phenoxy) is 2. The fourth-order valence-corrected chi connectivity index (χ4v) is 3.67. The highest BCUT2D eigenvalue weighted by molar-refractivity contribution is 8.26. The quantitative estimate of drug-likeness (QED) is 0.219. The number of thioether (sulfide) groups is 1. The van der Waals surface area contributed by atoms with Crippen LogP contribution in [-0.2, 0) is 4.79 Å². The summed E-state index contributed by atoms with van der Waals surface area (Å²) in [5.74, 6) is 0.160. The SMILES string of the molecule is COc1ccc(/C=C2\SC(=S)N(N=Cc3cc([N+](=O)[O-])ccc3[O-])C2=O)c(OC)c1. The average Bonchev–Trinajstić information content (AvgIpc) is 3.00. The van der Waals surface area contributed by atoms with Gasteiger partial charge in [0.2, 0.25) is 0 Å². The van der Waals surface area contributed by atoms with Gasteiger partial charge >= 0.3 is 0 Å². The van der Waals surface area contributed by atoms with Crippen LogP contribution in [0.5, 0.6) is 17.2 Å². The largest absolute Gasteiger partial charge is 0.872 e. The van der Waals surface area contributed by atoms with Gasteiger partial charge in [0.05, 0.1) is 30.3 Å². The fraction of sp³-hybridized carbons (Fsp3) is 0.105. The molecule has 2 aromatic carbocycles. The lowest BCUT2D eigenvalue weighted by Gasteiger charge is -2.11. The summed E-state index contributed by atoms with van der Waals surface area (Å²) in [6.45, 7) is 0. The summed E-state index contributed by atoms with van der Waals surface area (Å²) in [7, 11) is 3.04. The van der Waals surface area contributed by atoms with E-state index in [4.69, 9.17) is 21.7 Å². The van der Waals surface area contributed by atoms with Crippen LogP contribution in [0, 0.1) is 10.1 Å². The zero-order valence-corrected chi connectivity index (χ0v) is 17.4. The van der Waals surface area contributed by atoms with Gasteiger partial charge in [-0.25, -0.2) is 0 Å². The molecule has 30 heavy (non-hydrogen) atoms. The monoisotopic (exact) mass is 444 g/mol. The standard InChI is InChI=1S/C19H15N3O6S2/c1-27-14-5-3-11(16(9-14)28-2)8-17-18(24)21(19(29)30-17)20-10-12-7-13(22(25)26)4-6-15(12)23/h3-10,23H,1-2H3/p-1/b17-8-,20-10?. The molecule has 1 amide bonds. The first-order chi connectivity index (χ1) is 14.3. The summed E-state index contributed by atoms with van der Waals surface area (Å²) < 4.78 is 10.6. The molecule has 0 unspecified atom stereocenters. The van der Waals surface area contributed by atoms with Gasteiger partial charge in [-0.2, -0.15) is 10.1 Å². The minimum Gasteiger partial charge on any atom is -0.872 e. The molecule has 0 aromatic heterocycles. The van der Waals surface area contributed by atoms with E-state index in [1.165, 1.54) is 14.2 Å². The van der Waals surface area contributed by atoms with Gasteiger partial charge in [-0.3, -0.25) is 14.9 Å². The number of carbonyl (C=O) groups is 1. The Bertz CT molecular complexity index is 1100. The van der Waals surface area contributed by atoms with Crippen LogP contribution in [0.25, 0.3) is 6.08 Å². The number of nitro groups is 1. The molecule has 1 heterocycles. The van der Waals surface area contributed by atoms with Crippen LogP contribution in [0.1, 0.15) is 11.1 Å². The number of carbonyl (C=O) groups excluding carboxylic acids is 1. The zero-order chi connectivity index (χ0) is 21.8. The van der Waals surface area contributed by atoms with Crippen molar-refractivity contribution in [1.29, 1.82) is 0 Å². The van der Waals surface area contributed by atoms with Crippen molar-refractivity contribution in [1.82, 2.24) is 5.01 Å². The smallest absolute Gasteiger partial charge is 0.286 e. The zero-order valence-electron chi connectivity index (χ0n) is 15.7. The Labute approximate surface area is 180 Å². The van der Waals surface area contributed by atoms with Crippen LogP contribution in [0.3, 0.4) is 0 Å². The maximum absolute atomic E-state index is 12.7. The average molecular weight is 444 g/mol. The van der Waals surface area contributed by atoms with Gasteiger partial charge in [0.25, 0.3) is 11.6 Å². The molecular formula is C19H14N3O6S2-. The Kier molecular flexibility index (Phi) is 6.33. The molecule has 1 saturated heterocycles. The van der Waals surface area contributed by atoms with Gasteiger partial charge in [-0.05, 0) is 36.0 Å². The lowest BCUT2D eigenvalue weighted by atomic mass is 10.1. The van der Waals surface area contributed by atoms with Crippen LogP contribution in [0.2, 0.25) is 0 Å². The molecule has 0 aliphatic carbocycles. The number of non-ortho nitro benzene ring substituents is 1. The lowest BCUT2D eigenvalue weighted by Crippen LogP contribution is -2.22. The van der Waals surface area contributed by atoms with Crippen LogP contribution in [0.4, 0.5) is 5.69 Å². The molecule has 11 heteroatoms. The van der Waals surface area contributed by atoms with Gasteiger partial charge in [-0.15, -0.1) is 0 Å². The van der Waals surface area contributed by atoms with E-state index < -0.39 is 16.6 Å². The van der Waals surface area contributed by atoms with Crippen LogP contribution in [0.15, 0.2) is 46.4 Å². The highest BCUT2D eigenvalue weighted by Gasteiger charge is 2.32.